The van der Waals surface area contributed by atoms with Crippen molar-refractivity contribution in [1.82, 2.24) is 15.8 Å². The average molecular weight is 349 g/mol. The van der Waals surface area contributed by atoms with Crippen molar-refractivity contribution in [3.05, 3.63) is 64.7 Å². The van der Waals surface area contributed by atoms with Crippen molar-refractivity contribution in [2.24, 2.45) is 0 Å². The van der Waals surface area contributed by atoms with Crippen LogP contribution in [-0.4, -0.2) is 30.2 Å². The monoisotopic (exact) mass is 349 g/mol. The van der Waals surface area contributed by atoms with E-state index in [0.717, 1.165) is 17.2 Å². The van der Waals surface area contributed by atoms with E-state index in [2.05, 4.69) is 10.7 Å². The van der Waals surface area contributed by atoms with Crippen LogP contribution in [-0.2, 0) is 11.3 Å². The van der Waals surface area contributed by atoms with E-state index >= 15 is 0 Å². The van der Waals surface area contributed by atoms with Crippen molar-refractivity contribution < 1.29 is 22.7 Å². The molecular formula is C17H14F3N3O2. The largest absolute Gasteiger partial charge is 0.481 e. The van der Waals surface area contributed by atoms with Gasteiger partial charge in [0.1, 0.15) is 6.04 Å². The number of halogens is 3. The molecule has 1 unspecified atom stereocenters. The first-order chi connectivity index (χ1) is 11.9. The number of hydrogen-bond acceptors (Lipinski definition) is 4. The van der Waals surface area contributed by atoms with Gasteiger partial charge >= 0.3 is 6.18 Å². The Morgan fingerprint density at radius 3 is 2.80 bits per heavy atom. The van der Waals surface area contributed by atoms with Gasteiger partial charge in [0.2, 0.25) is 5.88 Å². The second kappa shape index (κ2) is 5.38. The summed E-state index contributed by atoms with van der Waals surface area (Å²) in [6.07, 6.45) is 0.0413. The molecule has 4 rings (SSSR count). The van der Waals surface area contributed by atoms with Gasteiger partial charge in [-0.25, -0.2) is 10.4 Å². The van der Waals surface area contributed by atoms with Gasteiger partial charge < -0.3 is 10.1 Å². The molecule has 3 aliphatic rings. The highest BCUT2D eigenvalue weighted by atomic mass is 19.4. The zero-order valence-corrected chi connectivity index (χ0v) is 13.1. The Kier molecular flexibility index (Phi) is 3.40. The fourth-order valence-electron chi connectivity index (χ4n) is 3.16. The predicted molar refractivity (Wildman–Crippen MR) is 83.6 cm³/mol. The van der Waals surface area contributed by atoms with E-state index in [9.17, 15) is 18.0 Å². The molecule has 0 aromatic heterocycles. The Morgan fingerprint density at radius 2 is 2.08 bits per heavy atom. The standard InChI is InChI=1S/C17H14F3N3O2/c1-25-15-5-4-11(13-7-14(17(18,19)20)22-23(13)15)9-2-3-12-10(6-9)8-21-16(12)24/h2-7,14,22H,8H2,1H3,(H,21,24). The normalized spacial score (nSPS) is 21.9. The number of fused-ring (bicyclic) bond motifs is 2. The Bertz CT molecular complexity index is 855. The second-order valence-electron chi connectivity index (χ2n) is 5.88. The minimum Gasteiger partial charge on any atom is -0.481 e. The summed E-state index contributed by atoms with van der Waals surface area (Å²) in [5.41, 5.74) is 5.57. The third kappa shape index (κ3) is 2.49. The fraction of sp³-hybridized carbons (Fsp3) is 0.235. The van der Waals surface area contributed by atoms with Crippen LogP contribution in [0.3, 0.4) is 0 Å². The zero-order chi connectivity index (χ0) is 17.8. The van der Waals surface area contributed by atoms with Crippen molar-refractivity contribution in [3.8, 4) is 0 Å². The number of amides is 1. The summed E-state index contributed by atoms with van der Waals surface area (Å²) >= 11 is 0. The van der Waals surface area contributed by atoms with Crippen LogP contribution in [0.1, 0.15) is 21.5 Å². The smallest absolute Gasteiger partial charge is 0.409 e. The molecular weight excluding hydrogens is 335 g/mol. The van der Waals surface area contributed by atoms with Crippen molar-refractivity contribution in [2.45, 2.75) is 18.8 Å². The van der Waals surface area contributed by atoms with E-state index in [4.69, 9.17) is 4.74 Å². The summed E-state index contributed by atoms with van der Waals surface area (Å²) in [7, 11) is 1.40. The number of methoxy groups -OCH3 is 1. The third-order valence-corrected chi connectivity index (χ3v) is 4.38. The van der Waals surface area contributed by atoms with Crippen molar-refractivity contribution in [1.29, 1.82) is 0 Å². The van der Waals surface area contributed by atoms with E-state index in [1.807, 2.05) is 6.07 Å². The van der Waals surface area contributed by atoms with Crippen LogP contribution in [0.5, 0.6) is 0 Å². The van der Waals surface area contributed by atoms with Crippen LogP contribution in [0.25, 0.3) is 5.57 Å². The highest BCUT2D eigenvalue weighted by Gasteiger charge is 2.45. The van der Waals surface area contributed by atoms with Gasteiger partial charge in [0, 0.05) is 23.8 Å². The van der Waals surface area contributed by atoms with Crippen LogP contribution in [0.2, 0.25) is 0 Å². The van der Waals surface area contributed by atoms with E-state index in [1.54, 1.807) is 24.3 Å². The summed E-state index contributed by atoms with van der Waals surface area (Å²) in [6, 6.07) is 3.46. The predicted octanol–water partition coefficient (Wildman–Crippen LogP) is 2.45. The second-order valence-corrected chi connectivity index (χ2v) is 5.88. The van der Waals surface area contributed by atoms with Gasteiger partial charge in [-0.15, -0.1) is 0 Å². The van der Waals surface area contributed by atoms with Crippen LogP contribution in [0.15, 0.2) is 48.0 Å². The first-order valence-corrected chi connectivity index (χ1v) is 7.61. The number of nitrogens with one attached hydrogen (secondary N) is 2. The number of hydrogen-bond donors (Lipinski definition) is 2. The minimum atomic E-state index is -4.41. The molecule has 3 heterocycles. The van der Waals surface area contributed by atoms with Crippen molar-refractivity contribution >= 4 is 11.5 Å². The fourth-order valence-corrected chi connectivity index (χ4v) is 3.16. The van der Waals surface area contributed by atoms with Crippen LogP contribution < -0.4 is 10.7 Å². The molecule has 5 nitrogen and oxygen atoms in total. The first-order valence-electron chi connectivity index (χ1n) is 7.61. The van der Waals surface area contributed by atoms with Crippen LogP contribution in [0.4, 0.5) is 13.2 Å². The number of carbonyl (C=O) groups is 1. The van der Waals surface area contributed by atoms with Crippen LogP contribution >= 0.6 is 0 Å². The first kappa shape index (κ1) is 15.8. The molecule has 2 N–H and O–H groups in total. The molecule has 3 aliphatic heterocycles. The lowest BCUT2D eigenvalue weighted by molar-refractivity contribution is -0.149. The number of hydrazine groups is 1. The summed E-state index contributed by atoms with van der Waals surface area (Å²) in [4.78, 5) is 11.7. The number of carbonyl (C=O) groups excluding carboxylic acids is 1. The molecule has 0 saturated heterocycles. The molecule has 1 atom stereocenters. The van der Waals surface area contributed by atoms with Gasteiger partial charge in [0.25, 0.3) is 5.91 Å². The number of ether oxygens (including phenoxy) is 1. The molecule has 1 amide bonds. The molecule has 0 bridgehead atoms. The highest BCUT2D eigenvalue weighted by Crippen LogP contribution is 2.38. The summed E-state index contributed by atoms with van der Waals surface area (Å²) < 4.78 is 44.5. The lowest BCUT2D eigenvalue weighted by Gasteiger charge is -2.29. The van der Waals surface area contributed by atoms with Crippen molar-refractivity contribution in [3.63, 3.8) is 0 Å². The number of nitrogens with zero attached hydrogens (tertiary/aromatic N) is 1. The van der Waals surface area contributed by atoms with Gasteiger partial charge in [-0.2, -0.15) is 13.2 Å². The van der Waals surface area contributed by atoms with Gasteiger partial charge in [-0.05, 0) is 35.4 Å². The number of rotatable bonds is 2. The van der Waals surface area contributed by atoms with E-state index in [0.29, 0.717) is 23.4 Å². The SMILES string of the molecule is COC1=CC=C(c2ccc3c(c2)CNC3=O)C2=CC(C(F)(F)F)NN12. The Morgan fingerprint density at radius 1 is 1.28 bits per heavy atom. The van der Waals surface area contributed by atoms with Crippen LogP contribution in [0, 0.1) is 0 Å². The maximum absolute atomic E-state index is 13.1. The lowest BCUT2D eigenvalue weighted by Crippen LogP contribution is -2.44. The molecule has 0 aliphatic carbocycles. The molecule has 1 aromatic carbocycles. The summed E-state index contributed by atoms with van der Waals surface area (Å²) in [6.45, 7) is 0.417. The molecule has 130 valence electrons. The Hall–Kier alpha value is -2.74. The summed E-state index contributed by atoms with van der Waals surface area (Å²) in [5, 5.41) is 4.02. The van der Waals surface area contributed by atoms with Gasteiger partial charge in [0.15, 0.2) is 0 Å². The molecule has 0 saturated carbocycles. The van der Waals surface area contributed by atoms with Crippen molar-refractivity contribution in [2.75, 3.05) is 7.11 Å². The van der Waals surface area contributed by atoms with E-state index in [-0.39, 0.29) is 11.8 Å². The zero-order valence-electron chi connectivity index (χ0n) is 13.1. The van der Waals surface area contributed by atoms with Gasteiger partial charge in [-0.3, -0.25) is 4.79 Å². The molecule has 0 spiro atoms. The Labute approximate surface area is 141 Å². The maximum Gasteiger partial charge on any atom is 0.409 e. The lowest BCUT2D eigenvalue weighted by atomic mass is 9.96. The topological polar surface area (TPSA) is 53.6 Å². The number of benzene rings is 1. The summed E-state index contributed by atoms with van der Waals surface area (Å²) in [5.74, 6) is 0.140. The van der Waals surface area contributed by atoms with E-state index in [1.165, 1.54) is 12.1 Å². The highest BCUT2D eigenvalue weighted by molar-refractivity contribution is 5.99. The molecule has 8 heteroatoms. The van der Waals surface area contributed by atoms with E-state index < -0.39 is 12.2 Å². The molecule has 1 aromatic rings. The average Bonchev–Trinajstić information content (AvgIpc) is 3.18. The molecule has 0 radical (unpaired) electrons. The third-order valence-electron chi connectivity index (χ3n) is 4.38. The quantitative estimate of drug-likeness (QED) is 0.861. The Balaban J connectivity index is 1.77. The number of allylic oxidation sites excluding steroid dienone is 3. The maximum atomic E-state index is 13.1. The molecule has 25 heavy (non-hydrogen) atoms. The van der Waals surface area contributed by atoms with Gasteiger partial charge in [-0.1, -0.05) is 6.07 Å². The van der Waals surface area contributed by atoms with Gasteiger partial charge in [0.05, 0.1) is 12.8 Å². The number of alkyl halides is 3. The minimum absolute atomic E-state index is 0.138. The molecule has 0 fully saturated rings.